The Morgan fingerprint density at radius 1 is 1.38 bits per heavy atom. The third-order valence-corrected chi connectivity index (χ3v) is 1.64. The zero-order chi connectivity index (χ0) is 9.84. The van der Waals surface area contributed by atoms with E-state index in [1.165, 1.54) is 5.01 Å². The van der Waals surface area contributed by atoms with Crippen LogP contribution in [0.5, 0.6) is 0 Å². The van der Waals surface area contributed by atoms with Gasteiger partial charge in [-0.1, -0.05) is 23.7 Å². The second kappa shape index (κ2) is 4.09. The average molecular weight is 200 g/mol. The van der Waals surface area contributed by atoms with Gasteiger partial charge in [0.15, 0.2) is 5.69 Å². The van der Waals surface area contributed by atoms with Gasteiger partial charge in [0.2, 0.25) is 0 Å². The Balaban J connectivity index is 3.02. The molecule has 0 amide bonds. The summed E-state index contributed by atoms with van der Waals surface area (Å²) < 4.78 is 0. The fourth-order valence-electron chi connectivity index (χ4n) is 0.818. The largest absolute Gasteiger partial charge is 0.691 e. The Hall–Kier alpha value is -1.29. The third kappa shape index (κ3) is 2.59. The van der Waals surface area contributed by atoms with E-state index >= 15 is 0 Å². The SMILES string of the molecule is CN(C)N=[N+]([O-])c1ccccc1Cl. The van der Waals surface area contributed by atoms with Gasteiger partial charge in [-0.15, -0.1) is 4.86 Å². The van der Waals surface area contributed by atoms with Crippen molar-refractivity contribution in [2.24, 2.45) is 5.22 Å². The number of benzene rings is 1. The maximum atomic E-state index is 11.3. The van der Waals surface area contributed by atoms with Gasteiger partial charge in [0.05, 0.1) is 24.3 Å². The molecule has 0 saturated heterocycles. The molecular weight excluding hydrogens is 190 g/mol. The summed E-state index contributed by atoms with van der Waals surface area (Å²) in [6, 6.07) is 6.75. The van der Waals surface area contributed by atoms with E-state index in [0.717, 1.165) is 0 Å². The zero-order valence-corrected chi connectivity index (χ0v) is 8.19. The molecule has 0 heterocycles. The molecule has 0 spiro atoms. The van der Waals surface area contributed by atoms with E-state index in [1.54, 1.807) is 38.4 Å². The van der Waals surface area contributed by atoms with Crippen LogP contribution in [0, 0.1) is 5.21 Å². The van der Waals surface area contributed by atoms with Crippen LogP contribution in [0.15, 0.2) is 29.5 Å². The molecule has 0 unspecified atom stereocenters. The fraction of sp³-hybridized carbons (Fsp3) is 0.250. The summed E-state index contributed by atoms with van der Waals surface area (Å²) in [6.45, 7) is 0. The second-order valence-electron chi connectivity index (χ2n) is 2.66. The maximum Gasteiger partial charge on any atom is 0.172 e. The van der Waals surface area contributed by atoms with Crippen molar-refractivity contribution in [2.75, 3.05) is 14.1 Å². The van der Waals surface area contributed by atoms with Gasteiger partial charge in [0, 0.05) is 0 Å². The molecule has 70 valence electrons. The summed E-state index contributed by atoms with van der Waals surface area (Å²) in [5, 5.41) is 16.7. The molecule has 0 N–H and O–H groups in total. The topological polar surface area (TPSA) is 41.7 Å². The minimum Gasteiger partial charge on any atom is -0.691 e. The first kappa shape index (κ1) is 9.80. The number of halogens is 1. The van der Waals surface area contributed by atoms with Gasteiger partial charge in [-0.2, -0.15) is 5.01 Å². The van der Waals surface area contributed by atoms with E-state index in [4.69, 9.17) is 11.6 Å². The molecule has 0 radical (unpaired) electrons. The number of hydrogen-bond acceptors (Lipinski definition) is 2. The number of nitrogens with zero attached hydrogens (tertiary/aromatic N) is 3. The Labute approximate surface area is 81.6 Å². The number of rotatable bonds is 2. The molecular formula is C8H10ClN3O. The second-order valence-corrected chi connectivity index (χ2v) is 3.07. The third-order valence-electron chi connectivity index (χ3n) is 1.32. The lowest BCUT2D eigenvalue weighted by Gasteiger charge is -2.08. The number of hydrogen-bond donors (Lipinski definition) is 0. The monoisotopic (exact) mass is 199 g/mol. The predicted octanol–water partition coefficient (Wildman–Crippen LogP) is 2.41. The highest BCUT2D eigenvalue weighted by molar-refractivity contribution is 6.32. The first-order valence-corrected chi connectivity index (χ1v) is 4.09. The van der Waals surface area contributed by atoms with Crippen LogP contribution in [-0.4, -0.2) is 24.0 Å². The van der Waals surface area contributed by atoms with Gasteiger partial charge in [-0.3, -0.25) is 0 Å². The van der Waals surface area contributed by atoms with Crippen molar-refractivity contribution in [3.63, 3.8) is 0 Å². The van der Waals surface area contributed by atoms with E-state index < -0.39 is 0 Å². The van der Waals surface area contributed by atoms with Crippen molar-refractivity contribution in [2.45, 2.75) is 0 Å². The molecule has 1 aromatic carbocycles. The van der Waals surface area contributed by atoms with Crippen molar-refractivity contribution in [1.29, 1.82) is 0 Å². The molecule has 4 nitrogen and oxygen atoms in total. The van der Waals surface area contributed by atoms with Crippen molar-refractivity contribution >= 4 is 17.3 Å². The molecule has 5 heteroatoms. The van der Waals surface area contributed by atoms with Crippen molar-refractivity contribution < 1.29 is 4.86 Å². The van der Waals surface area contributed by atoms with E-state index in [2.05, 4.69) is 5.22 Å². The van der Waals surface area contributed by atoms with E-state index in [9.17, 15) is 5.21 Å². The summed E-state index contributed by atoms with van der Waals surface area (Å²) in [7, 11) is 3.34. The molecule has 1 rings (SSSR count). The van der Waals surface area contributed by atoms with E-state index in [1.807, 2.05) is 0 Å². The Kier molecular flexibility index (Phi) is 3.08. The maximum absolute atomic E-state index is 11.3. The highest BCUT2D eigenvalue weighted by Gasteiger charge is 2.03. The van der Waals surface area contributed by atoms with Gasteiger partial charge in [-0.05, 0) is 12.1 Å². The van der Waals surface area contributed by atoms with Crippen LogP contribution in [0.4, 0.5) is 5.69 Å². The lowest BCUT2D eigenvalue weighted by molar-refractivity contribution is -0.459. The van der Waals surface area contributed by atoms with E-state index in [0.29, 0.717) is 15.6 Å². The molecule has 0 aliphatic carbocycles. The average Bonchev–Trinajstić information content (AvgIpc) is 2.03. The Bertz CT molecular complexity index is 325. The standard InChI is InChI=1S/C8H10ClN3O/c1-11(2)10-12(13)8-6-4-3-5-7(8)9/h3-6H,1-2H3. The quantitative estimate of drug-likeness (QED) is 0.417. The first-order chi connectivity index (χ1) is 6.11. The van der Waals surface area contributed by atoms with Crippen LogP contribution >= 0.6 is 11.6 Å². The summed E-state index contributed by atoms with van der Waals surface area (Å²) in [5.41, 5.74) is 0.345. The molecule has 0 aromatic heterocycles. The molecule has 0 bridgehead atoms. The van der Waals surface area contributed by atoms with Crippen molar-refractivity contribution in [1.82, 2.24) is 5.01 Å². The van der Waals surface area contributed by atoms with Crippen LogP contribution in [0.3, 0.4) is 0 Å². The van der Waals surface area contributed by atoms with Crippen molar-refractivity contribution in [3.8, 4) is 0 Å². The molecule has 0 saturated carbocycles. The summed E-state index contributed by atoms with van der Waals surface area (Å²) in [4.78, 5) is 0.488. The van der Waals surface area contributed by atoms with Gasteiger partial charge in [0.25, 0.3) is 0 Å². The van der Waals surface area contributed by atoms with Crippen LogP contribution < -0.4 is 0 Å². The van der Waals surface area contributed by atoms with E-state index in [-0.39, 0.29) is 0 Å². The summed E-state index contributed by atoms with van der Waals surface area (Å²) >= 11 is 5.78. The summed E-state index contributed by atoms with van der Waals surface area (Å²) in [6.07, 6.45) is 0. The van der Waals surface area contributed by atoms with Gasteiger partial charge in [-0.25, -0.2) is 0 Å². The Morgan fingerprint density at radius 3 is 2.54 bits per heavy atom. The zero-order valence-electron chi connectivity index (χ0n) is 7.44. The molecule has 0 atom stereocenters. The van der Waals surface area contributed by atoms with Gasteiger partial charge < -0.3 is 5.21 Å². The molecule has 1 aromatic rings. The van der Waals surface area contributed by atoms with Gasteiger partial charge >= 0.3 is 0 Å². The smallest absolute Gasteiger partial charge is 0.172 e. The predicted molar refractivity (Wildman–Crippen MR) is 50.9 cm³/mol. The van der Waals surface area contributed by atoms with Crippen LogP contribution in [-0.2, 0) is 0 Å². The minimum atomic E-state index is 0.345. The van der Waals surface area contributed by atoms with Crippen molar-refractivity contribution in [3.05, 3.63) is 34.5 Å². The van der Waals surface area contributed by atoms with Crippen LogP contribution in [0.2, 0.25) is 5.02 Å². The molecule has 0 aliphatic rings. The number of para-hydroxylation sites is 1. The lowest BCUT2D eigenvalue weighted by atomic mass is 10.3. The minimum absolute atomic E-state index is 0.345. The molecule has 0 fully saturated rings. The van der Waals surface area contributed by atoms with Crippen LogP contribution in [0.1, 0.15) is 0 Å². The highest BCUT2D eigenvalue weighted by Crippen LogP contribution is 2.23. The van der Waals surface area contributed by atoms with Gasteiger partial charge in [0.1, 0.15) is 0 Å². The molecule has 0 aliphatic heterocycles. The fourth-order valence-corrected chi connectivity index (χ4v) is 1.03. The highest BCUT2D eigenvalue weighted by atomic mass is 35.5. The molecule has 13 heavy (non-hydrogen) atoms. The summed E-state index contributed by atoms with van der Waals surface area (Å²) in [5.74, 6) is 0. The normalized spacial score (nSPS) is 11.5. The first-order valence-electron chi connectivity index (χ1n) is 3.72. The Morgan fingerprint density at radius 2 is 2.00 bits per heavy atom. The van der Waals surface area contributed by atoms with Crippen LogP contribution in [0.25, 0.3) is 0 Å². The lowest BCUT2D eigenvalue weighted by Crippen LogP contribution is -2.06.